The minimum absolute atomic E-state index is 0.564. The van der Waals surface area contributed by atoms with Crippen LogP contribution in [-0.4, -0.2) is 19.5 Å². The fourth-order valence-corrected chi connectivity index (χ4v) is 3.19. The van der Waals surface area contributed by atoms with Crippen molar-refractivity contribution < 1.29 is 0 Å². The van der Waals surface area contributed by atoms with Crippen LogP contribution in [0.15, 0.2) is 54.9 Å². The van der Waals surface area contributed by atoms with Gasteiger partial charge in [0.25, 0.3) is 0 Å². The number of rotatable bonds is 3. The minimum Gasteiger partial charge on any atom is -0.308 e. The molecule has 1 aromatic carbocycles. The topological polar surface area (TPSA) is 43.6 Å². The Balaban J connectivity index is 1.83. The predicted octanol–water partition coefficient (Wildman–Crippen LogP) is 5.16. The van der Waals surface area contributed by atoms with Crippen molar-refractivity contribution >= 4 is 34.4 Å². The van der Waals surface area contributed by atoms with E-state index >= 15 is 0 Å². The van der Waals surface area contributed by atoms with Gasteiger partial charge in [-0.15, -0.1) is 0 Å². The third-order valence-corrected chi connectivity index (χ3v) is 4.70. The lowest BCUT2D eigenvalue weighted by molar-refractivity contribution is 0.778. The molecule has 0 spiro atoms. The van der Waals surface area contributed by atoms with Crippen LogP contribution in [0.25, 0.3) is 22.4 Å². The van der Waals surface area contributed by atoms with Crippen LogP contribution < -0.4 is 0 Å². The smallest absolute Gasteiger partial charge is 0.160 e. The molecule has 3 aromatic heterocycles. The number of benzene rings is 1. The lowest BCUT2D eigenvalue weighted by Gasteiger charge is -2.09. The summed E-state index contributed by atoms with van der Waals surface area (Å²) in [5.74, 6) is 0.880. The lowest BCUT2D eigenvalue weighted by Crippen LogP contribution is -2.04. The van der Waals surface area contributed by atoms with E-state index < -0.39 is 0 Å². The highest BCUT2D eigenvalue weighted by Crippen LogP contribution is 2.25. The van der Waals surface area contributed by atoms with Crippen molar-refractivity contribution in [3.8, 4) is 11.3 Å². The molecule has 124 valence electrons. The molecule has 6 heteroatoms. The van der Waals surface area contributed by atoms with Crippen LogP contribution in [0.4, 0.5) is 0 Å². The van der Waals surface area contributed by atoms with Gasteiger partial charge in [-0.2, -0.15) is 0 Å². The zero-order chi connectivity index (χ0) is 17.4. The molecule has 0 radical (unpaired) electrons. The van der Waals surface area contributed by atoms with Gasteiger partial charge in [0.2, 0.25) is 0 Å². The van der Waals surface area contributed by atoms with E-state index in [0.717, 1.165) is 33.8 Å². The number of imidazole rings is 1. The number of nitrogens with zero attached hydrogens (tertiary/aromatic N) is 4. The van der Waals surface area contributed by atoms with Crippen LogP contribution in [0, 0.1) is 6.92 Å². The summed E-state index contributed by atoms with van der Waals surface area (Å²) in [7, 11) is 0. The van der Waals surface area contributed by atoms with Crippen LogP contribution in [0.3, 0.4) is 0 Å². The molecule has 0 aliphatic carbocycles. The van der Waals surface area contributed by atoms with Crippen LogP contribution in [0.5, 0.6) is 0 Å². The van der Waals surface area contributed by atoms with E-state index in [1.165, 1.54) is 0 Å². The molecule has 0 atom stereocenters. The van der Waals surface area contributed by atoms with Gasteiger partial charge in [0, 0.05) is 28.0 Å². The first-order valence-electron chi connectivity index (χ1n) is 7.80. The summed E-state index contributed by atoms with van der Waals surface area (Å²) in [6.07, 6.45) is 3.52. The van der Waals surface area contributed by atoms with E-state index in [0.29, 0.717) is 16.6 Å². The highest BCUT2D eigenvalue weighted by atomic mass is 35.5. The summed E-state index contributed by atoms with van der Waals surface area (Å²) < 4.78 is 2.05. The van der Waals surface area contributed by atoms with Gasteiger partial charge >= 0.3 is 0 Å². The molecule has 0 bridgehead atoms. The van der Waals surface area contributed by atoms with Crippen molar-refractivity contribution in [1.82, 2.24) is 19.5 Å². The number of fused-ring (bicyclic) bond motifs is 1. The van der Waals surface area contributed by atoms with Gasteiger partial charge in [-0.25, -0.2) is 9.97 Å². The molecule has 0 saturated heterocycles. The van der Waals surface area contributed by atoms with Crippen molar-refractivity contribution in [2.75, 3.05) is 0 Å². The largest absolute Gasteiger partial charge is 0.308 e. The van der Waals surface area contributed by atoms with Crippen LogP contribution >= 0.6 is 23.2 Å². The van der Waals surface area contributed by atoms with E-state index in [1.807, 2.05) is 43.3 Å². The average Bonchev–Trinajstić information content (AvgIpc) is 2.94. The van der Waals surface area contributed by atoms with E-state index in [4.69, 9.17) is 28.2 Å². The maximum Gasteiger partial charge on any atom is 0.160 e. The zero-order valence-corrected chi connectivity index (χ0v) is 15.0. The summed E-state index contributed by atoms with van der Waals surface area (Å²) in [5.41, 5.74) is 4.51. The van der Waals surface area contributed by atoms with Crippen molar-refractivity contribution in [2.24, 2.45) is 0 Å². The number of pyridine rings is 2. The summed E-state index contributed by atoms with van der Waals surface area (Å²) in [6.45, 7) is 2.53. The molecule has 0 N–H and O–H groups in total. The van der Waals surface area contributed by atoms with Crippen molar-refractivity contribution in [3.63, 3.8) is 0 Å². The number of halogens is 2. The highest BCUT2D eigenvalue weighted by Gasteiger charge is 2.12. The molecule has 4 aromatic rings. The first-order valence-corrected chi connectivity index (χ1v) is 8.55. The molecule has 0 fully saturated rings. The fraction of sp³-hybridized carbons (Fsp3) is 0.105. The zero-order valence-electron chi connectivity index (χ0n) is 13.4. The second-order valence-corrected chi connectivity index (χ2v) is 6.60. The van der Waals surface area contributed by atoms with Gasteiger partial charge in [-0.3, -0.25) is 4.98 Å². The number of aromatic nitrogens is 4. The molecule has 0 saturated carbocycles. The van der Waals surface area contributed by atoms with Crippen LogP contribution in [0.1, 0.15) is 11.4 Å². The maximum atomic E-state index is 6.32. The SMILES string of the molecule is Cc1nc2ccc(-c3ccncc3)nc2n1Cc1cc(Cl)ccc1Cl. The Labute approximate surface area is 155 Å². The van der Waals surface area contributed by atoms with Gasteiger partial charge in [0.1, 0.15) is 11.3 Å². The molecular weight excluding hydrogens is 355 g/mol. The Morgan fingerprint density at radius 3 is 2.56 bits per heavy atom. The van der Waals surface area contributed by atoms with Gasteiger partial charge < -0.3 is 4.57 Å². The van der Waals surface area contributed by atoms with Gasteiger partial charge in [0.15, 0.2) is 5.65 Å². The second-order valence-electron chi connectivity index (χ2n) is 5.76. The van der Waals surface area contributed by atoms with E-state index in [-0.39, 0.29) is 0 Å². The standard InChI is InChI=1S/C19H14Cl2N4/c1-12-23-18-5-4-17(13-6-8-22-9-7-13)24-19(18)25(12)11-14-10-15(20)2-3-16(14)21/h2-10H,11H2,1H3. The summed E-state index contributed by atoms with van der Waals surface area (Å²) in [6, 6.07) is 13.3. The molecule has 4 rings (SSSR count). The molecule has 4 nitrogen and oxygen atoms in total. The average molecular weight is 369 g/mol. The number of hydrogen-bond donors (Lipinski definition) is 0. The molecule has 0 aliphatic rings. The summed E-state index contributed by atoms with van der Waals surface area (Å²) >= 11 is 12.4. The first-order chi connectivity index (χ1) is 12.1. The van der Waals surface area contributed by atoms with Crippen LogP contribution in [-0.2, 0) is 6.54 Å². The quantitative estimate of drug-likeness (QED) is 0.501. The molecule has 0 unspecified atom stereocenters. The summed E-state index contributed by atoms with van der Waals surface area (Å²) in [4.78, 5) is 13.5. The first kappa shape index (κ1) is 16.1. The Bertz CT molecular complexity index is 1060. The molecule has 0 amide bonds. The number of hydrogen-bond acceptors (Lipinski definition) is 3. The molecule has 0 aliphatic heterocycles. The third kappa shape index (κ3) is 3.11. The van der Waals surface area contributed by atoms with Gasteiger partial charge in [-0.1, -0.05) is 23.2 Å². The van der Waals surface area contributed by atoms with Crippen molar-refractivity contribution in [2.45, 2.75) is 13.5 Å². The maximum absolute atomic E-state index is 6.32. The predicted molar refractivity (Wildman–Crippen MR) is 101 cm³/mol. The van der Waals surface area contributed by atoms with E-state index in [9.17, 15) is 0 Å². The number of aryl methyl sites for hydroxylation is 1. The normalized spacial score (nSPS) is 11.2. The molecule has 25 heavy (non-hydrogen) atoms. The lowest BCUT2D eigenvalue weighted by atomic mass is 10.2. The minimum atomic E-state index is 0.564. The summed E-state index contributed by atoms with van der Waals surface area (Å²) in [5, 5.41) is 1.34. The van der Waals surface area contributed by atoms with E-state index in [1.54, 1.807) is 18.5 Å². The Hall–Kier alpha value is -2.43. The van der Waals surface area contributed by atoms with Gasteiger partial charge in [0.05, 0.1) is 12.2 Å². The second kappa shape index (κ2) is 6.47. The highest BCUT2D eigenvalue weighted by molar-refractivity contribution is 6.33. The molecule has 3 heterocycles. The van der Waals surface area contributed by atoms with Gasteiger partial charge in [-0.05, 0) is 55.0 Å². The third-order valence-electron chi connectivity index (χ3n) is 4.10. The van der Waals surface area contributed by atoms with E-state index in [2.05, 4.69) is 14.5 Å². The molecular formula is C19H14Cl2N4. The Kier molecular flexibility index (Phi) is 4.15. The fourth-order valence-electron chi connectivity index (χ4n) is 2.82. The van der Waals surface area contributed by atoms with Crippen molar-refractivity contribution in [3.05, 3.63) is 76.3 Å². The Morgan fingerprint density at radius 1 is 0.960 bits per heavy atom. The van der Waals surface area contributed by atoms with Crippen LogP contribution in [0.2, 0.25) is 10.0 Å². The Morgan fingerprint density at radius 2 is 1.76 bits per heavy atom. The monoisotopic (exact) mass is 368 g/mol. The van der Waals surface area contributed by atoms with Crippen molar-refractivity contribution in [1.29, 1.82) is 0 Å².